The standard InChI is InChI=1S/C29H40O5/c1-18-7-6-8-19(15-18)26-33-17-29(5)23-11-13-27(2,3)22(28(23,4)14-12-24(29)34-26)10-9-20-21(30)16-32-25(20)31/h6-9,15,21-24,26,30H,10-14,16-17H2,1-5H3/b20-9+/t21-,22-,23+,24?,26?,28+,29+/m1/s1. The molecule has 5 heteroatoms. The van der Waals surface area contributed by atoms with Crippen LogP contribution in [0.25, 0.3) is 0 Å². The van der Waals surface area contributed by atoms with Gasteiger partial charge in [0.1, 0.15) is 12.7 Å². The summed E-state index contributed by atoms with van der Waals surface area (Å²) in [7, 11) is 0. The highest BCUT2D eigenvalue weighted by Crippen LogP contribution is 2.66. The van der Waals surface area contributed by atoms with E-state index in [-0.39, 0.29) is 41.2 Å². The Hall–Kier alpha value is -1.69. The number of hydrogen-bond acceptors (Lipinski definition) is 5. The molecule has 186 valence electrons. The van der Waals surface area contributed by atoms with E-state index in [1.54, 1.807) is 0 Å². The minimum absolute atomic E-state index is 0.0407. The number of carbonyl (C=O) groups excluding carboxylic acids is 1. The van der Waals surface area contributed by atoms with E-state index in [0.717, 1.165) is 37.7 Å². The quantitative estimate of drug-likeness (QED) is 0.469. The van der Waals surface area contributed by atoms with Crippen LogP contribution in [-0.4, -0.2) is 36.5 Å². The molecule has 2 heterocycles. The summed E-state index contributed by atoms with van der Waals surface area (Å²) >= 11 is 0. The van der Waals surface area contributed by atoms with Gasteiger partial charge in [0.05, 0.1) is 18.3 Å². The number of aliphatic hydroxyl groups excluding tert-OH is 1. The molecule has 5 nitrogen and oxygen atoms in total. The highest BCUT2D eigenvalue weighted by molar-refractivity contribution is 5.91. The summed E-state index contributed by atoms with van der Waals surface area (Å²) in [5.74, 6) is 0.517. The molecule has 1 aromatic carbocycles. The third kappa shape index (κ3) is 3.84. The van der Waals surface area contributed by atoms with Crippen LogP contribution in [0, 0.1) is 35.0 Å². The first-order valence-corrected chi connectivity index (χ1v) is 12.9. The molecule has 0 bridgehead atoms. The number of esters is 1. The largest absolute Gasteiger partial charge is 0.459 e. The maximum absolute atomic E-state index is 12.1. The van der Waals surface area contributed by atoms with Crippen molar-refractivity contribution in [2.24, 2.45) is 28.1 Å². The van der Waals surface area contributed by atoms with E-state index in [0.29, 0.717) is 24.0 Å². The monoisotopic (exact) mass is 468 g/mol. The van der Waals surface area contributed by atoms with Gasteiger partial charge in [0.25, 0.3) is 0 Å². The molecule has 2 aliphatic carbocycles. The zero-order valence-electron chi connectivity index (χ0n) is 21.3. The zero-order valence-corrected chi connectivity index (χ0v) is 21.3. The Morgan fingerprint density at radius 3 is 2.62 bits per heavy atom. The topological polar surface area (TPSA) is 65.0 Å². The van der Waals surface area contributed by atoms with Gasteiger partial charge < -0.3 is 19.3 Å². The van der Waals surface area contributed by atoms with E-state index in [9.17, 15) is 9.90 Å². The van der Waals surface area contributed by atoms with Gasteiger partial charge in [0.15, 0.2) is 6.29 Å². The van der Waals surface area contributed by atoms with E-state index in [1.807, 2.05) is 6.08 Å². The first-order chi connectivity index (χ1) is 16.0. The summed E-state index contributed by atoms with van der Waals surface area (Å²) in [5.41, 5.74) is 2.98. The molecule has 2 saturated heterocycles. The van der Waals surface area contributed by atoms with Crippen LogP contribution in [0.4, 0.5) is 0 Å². The van der Waals surface area contributed by atoms with Crippen molar-refractivity contribution in [2.45, 2.75) is 85.2 Å². The van der Waals surface area contributed by atoms with Gasteiger partial charge in [-0.25, -0.2) is 4.79 Å². The van der Waals surface area contributed by atoms with Crippen molar-refractivity contribution in [3.8, 4) is 0 Å². The van der Waals surface area contributed by atoms with Gasteiger partial charge in [-0.3, -0.25) is 0 Å². The fourth-order valence-corrected chi connectivity index (χ4v) is 7.95. The number of allylic oxidation sites excluding steroid dienone is 1. The molecule has 1 aromatic rings. The number of cyclic esters (lactones) is 1. The molecule has 1 N–H and O–H groups in total. The van der Waals surface area contributed by atoms with Gasteiger partial charge in [-0.05, 0) is 61.7 Å². The molecule has 4 fully saturated rings. The van der Waals surface area contributed by atoms with Crippen LogP contribution in [0.3, 0.4) is 0 Å². The Morgan fingerprint density at radius 2 is 1.91 bits per heavy atom. The van der Waals surface area contributed by atoms with Gasteiger partial charge in [-0.1, -0.05) is 63.6 Å². The minimum atomic E-state index is -0.797. The Labute approximate surface area is 203 Å². The second-order valence-electron chi connectivity index (χ2n) is 12.4. The van der Waals surface area contributed by atoms with Crippen LogP contribution in [0.1, 0.15) is 77.2 Å². The van der Waals surface area contributed by atoms with Gasteiger partial charge >= 0.3 is 5.97 Å². The van der Waals surface area contributed by atoms with E-state index in [4.69, 9.17) is 14.2 Å². The van der Waals surface area contributed by atoms with Crippen LogP contribution in [0.5, 0.6) is 0 Å². The number of aliphatic hydroxyl groups is 1. The molecule has 34 heavy (non-hydrogen) atoms. The lowest BCUT2D eigenvalue weighted by molar-refractivity contribution is -0.313. The van der Waals surface area contributed by atoms with Crippen molar-refractivity contribution in [1.29, 1.82) is 0 Å². The molecule has 4 aliphatic rings. The van der Waals surface area contributed by atoms with Crippen LogP contribution in [0.2, 0.25) is 0 Å². The third-order valence-electron chi connectivity index (χ3n) is 9.78. The summed E-state index contributed by atoms with van der Waals surface area (Å²) in [6, 6.07) is 8.44. The number of rotatable bonds is 3. The summed E-state index contributed by atoms with van der Waals surface area (Å²) in [5, 5.41) is 10.2. The maximum Gasteiger partial charge on any atom is 0.336 e. The average Bonchev–Trinajstić information content (AvgIpc) is 3.09. The molecule has 5 rings (SSSR count). The molecular weight excluding hydrogens is 428 g/mol. The van der Waals surface area contributed by atoms with Gasteiger partial charge in [-0.2, -0.15) is 0 Å². The lowest BCUT2D eigenvalue weighted by Gasteiger charge is -2.65. The van der Waals surface area contributed by atoms with Crippen molar-refractivity contribution >= 4 is 5.97 Å². The summed E-state index contributed by atoms with van der Waals surface area (Å²) in [4.78, 5) is 12.1. The lowest BCUT2D eigenvalue weighted by atomic mass is 9.42. The third-order valence-corrected chi connectivity index (χ3v) is 9.78. The van der Waals surface area contributed by atoms with Gasteiger partial charge in [-0.15, -0.1) is 0 Å². The number of benzene rings is 1. The fourth-order valence-electron chi connectivity index (χ4n) is 7.95. The highest BCUT2D eigenvalue weighted by Gasteiger charge is 2.62. The number of fused-ring (bicyclic) bond motifs is 3. The van der Waals surface area contributed by atoms with Crippen LogP contribution < -0.4 is 0 Å². The Balaban J connectivity index is 1.40. The number of hydrogen-bond donors (Lipinski definition) is 1. The van der Waals surface area contributed by atoms with Gasteiger partial charge in [0.2, 0.25) is 0 Å². The molecule has 0 spiro atoms. The lowest BCUT2D eigenvalue weighted by Crippen LogP contribution is -2.62. The summed E-state index contributed by atoms with van der Waals surface area (Å²) < 4.78 is 18.1. The van der Waals surface area contributed by atoms with Crippen molar-refractivity contribution in [3.05, 3.63) is 47.0 Å². The predicted molar refractivity (Wildman–Crippen MR) is 130 cm³/mol. The molecule has 2 saturated carbocycles. The fraction of sp³-hybridized carbons (Fsp3) is 0.690. The minimum Gasteiger partial charge on any atom is -0.459 e. The number of carbonyl (C=O) groups is 1. The van der Waals surface area contributed by atoms with E-state index in [2.05, 4.69) is 58.9 Å². The SMILES string of the molecule is Cc1cccc(C2OC[C@]3(C)C(CC[C@@]4(C)[C@H](C/C=C5/C(=O)OC[C@H]5O)C(C)(C)CC[C@@H]43)O2)c1. The van der Waals surface area contributed by atoms with E-state index < -0.39 is 6.10 Å². The molecule has 0 radical (unpaired) electrons. The molecule has 0 aromatic heterocycles. The number of aryl methyl sites for hydroxylation is 1. The molecular formula is C29H40O5. The number of ether oxygens (including phenoxy) is 3. The second kappa shape index (κ2) is 8.46. The van der Waals surface area contributed by atoms with Crippen molar-refractivity contribution in [3.63, 3.8) is 0 Å². The Bertz CT molecular complexity index is 982. The highest BCUT2D eigenvalue weighted by atomic mass is 16.7. The summed E-state index contributed by atoms with van der Waals surface area (Å²) in [6.07, 6.45) is 6.26. The smallest absolute Gasteiger partial charge is 0.336 e. The molecule has 0 amide bonds. The summed E-state index contributed by atoms with van der Waals surface area (Å²) in [6.45, 7) is 12.5. The first kappa shape index (κ1) is 24.0. The Morgan fingerprint density at radius 1 is 1.12 bits per heavy atom. The van der Waals surface area contributed by atoms with Crippen LogP contribution in [-0.2, 0) is 19.0 Å². The maximum atomic E-state index is 12.1. The predicted octanol–water partition coefficient (Wildman–Crippen LogP) is 5.50. The van der Waals surface area contributed by atoms with Crippen LogP contribution >= 0.6 is 0 Å². The van der Waals surface area contributed by atoms with Crippen molar-refractivity contribution in [2.75, 3.05) is 13.2 Å². The molecule has 2 aliphatic heterocycles. The van der Waals surface area contributed by atoms with Crippen molar-refractivity contribution < 1.29 is 24.1 Å². The zero-order chi connectivity index (χ0) is 24.3. The second-order valence-corrected chi connectivity index (χ2v) is 12.4. The van der Waals surface area contributed by atoms with Crippen molar-refractivity contribution in [1.82, 2.24) is 0 Å². The normalized spacial score (nSPS) is 42.7. The molecule has 7 atom stereocenters. The molecule has 2 unspecified atom stereocenters. The van der Waals surface area contributed by atoms with E-state index in [1.165, 1.54) is 5.56 Å². The first-order valence-electron chi connectivity index (χ1n) is 12.9. The Kier molecular flexibility index (Phi) is 5.98. The van der Waals surface area contributed by atoms with E-state index >= 15 is 0 Å². The van der Waals surface area contributed by atoms with Gasteiger partial charge in [0, 0.05) is 11.0 Å². The average molecular weight is 469 g/mol. The van der Waals surface area contributed by atoms with Crippen LogP contribution in [0.15, 0.2) is 35.9 Å².